The van der Waals surface area contributed by atoms with E-state index in [1.807, 2.05) is 54.7 Å². The Bertz CT molecular complexity index is 1240. The van der Waals surface area contributed by atoms with Crippen molar-refractivity contribution in [3.05, 3.63) is 102 Å². The summed E-state index contributed by atoms with van der Waals surface area (Å²) in [5.74, 6) is -0.966. The van der Waals surface area contributed by atoms with E-state index in [4.69, 9.17) is 10.1 Å². The number of nitrogens with one attached hydrogen (secondary N) is 1. The molecule has 4 aromatic rings. The van der Waals surface area contributed by atoms with E-state index < -0.39 is 5.97 Å². The fraction of sp³-hybridized carbons (Fsp3) is 0.0800. The van der Waals surface area contributed by atoms with Gasteiger partial charge in [0, 0.05) is 17.8 Å². The predicted octanol–water partition coefficient (Wildman–Crippen LogP) is 5.42. The van der Waals surface area contributed by atoms with Crippen molar-refractivity contribution in [3.63, 3.8) is 0 Å². The quantitative estimate of drug-likeness (QED) is 0.337. The molecule has 5 nitrogen and oxygen atoms in total. The summed E-state index contributed by atoms with van der Waals surface area (Å²) < 4.78 is 0. The summed E-state index contributed by atoms with van der Waals surface area (Å²) in [7, 11) is 0. The second kappa shape index (κ2) is 8.57. The number of allylic oxidation sites excluding steroid dienone is 1. The van der Waals surface area contributed by atoms with Crippen LogP contribution in [0.2, 0.25) is 0 Å². The summed E-state index contributed by atoms with van der Waals surface area (Å²) in [6.45, 7) is 2.13. The summed E-state index contributed by atoms with van der Waals surface area (Å²) in [4.78, 5) is 23.3. The van der Waals surface area contributed by atoms with E-state index in [1.165, 1.54) is 5.57 Å². The van der Waals surface area contributed by atoms with Crippen LogP contribution in [-0.4, -0.2) is 26.0 Å². The van der Waals surface area contributed by atoms with E-state index in [-0.39, 0.29) is 0 Å². The van der Waals surface area contributed by atoms with Crippen molar-refractivity contribution in [1.29, 1.82) is 0 Å². The molecule has 0 saturated heterocycles. The lowest BCUT2D eigenvalue weighted by Crippen LogP contribution is -1.99. The van der Waals surface area contributed by atoms with E-state index in [0.29, 0.717) is 0 Å². The minimum atomic E-state index is -0.966. The molecule has 0 aliphatic carbocycles. The van der Waals surface area contributed by atoms with Crippen LogP contribution < -0.4 is 0 Å². The molecule has 148 valence electrons. The smallest absolute Gasteiger partial charge is 0.328 e. The number of carboxylic acid groups (broad SMARTS) is 1. The maximum Gasteiger partial charge on any atom is 0.328 e. The third kappa shape index (κ3) is 4.05. The van der Waals surface area contributed by atoms with Crippen molar-refractivity contribution in [1.82, 2.24) is 15.0 Å². The third-order valence-electron chi connectivity index (χ3n) is 4.91. The molecule has 0 unspecified atom stereocenters. The number of aliphatic carboxylic acids is 1. The zero-order valence-electron chi connectivity index (χ0n) is 16.5. The van der Waals surface area contributed by atoms with Gasteiger partial charge < -0.3 is 10.1 Å². The monoisotopic (exact) mass is 395 g/mol. The lowest BCUT2D eigenvalue weighted by molar-refractivity contribution is -0.131. The fourth-order valence-corrected chi connectivity index (χ4v) is 3.52. The first-order chi connectivity index (χ1) is 14.7. The minimum absolute atomic E-state index is 0.755. The van der Waals surface area contributed by atoms with E-state index in [0.717, 1.165) is 51.6 Å². The molecule has 4 rings (SSSR count). The van der Waals surface area contributed by atoms with Gasteiger partial charge in [0.15, 0.2) is 5.65 Å². The first kappa shape index (κ1) is 19.3. The van der Waals surface area contributed by atoms with Gasteiger partial charge in [0.25, 0.3) is 0 Å². The van der Waals surface area contributed by atoms with Crippen molar-refractivity contribution in [2.75, 3.05) is 0 Å². The Balaban J connectivity index is 1.89. The van der Waals surface area contributed by atoms with Crippen LogP contribution in [0.4, 0.5) is 0 Å². The molecular formula is C25H21N3O2. The van der Waals surface area contributed by atoms with Gasteiger partial charge in [-0.2, -0.15) is 0 Å². The van der Waals surface area contributed by atoms with Crippen molar-refractivity contribution in [3.8, 4) is 0 Å². The topological polar surface area (TPSA) is 78.9 Å². The highest BCUT2D eigenvalue weighted by atomic mass is 16.4. The van der Waals surface area contributed by atoms with Gasteiger partial charge in [0.05, 0.1) is 11.9 Å². The van der Waals surface area contributed by atoms with Gasteiger partial charge in [-0.15, -0.1) is 0 Å². The van der Waals surface area contributed by atoms with Crippen LogP contribution in [0.1, 0.15) is 35.7 Å². The van der Waals surface area contributed by atoms with Gasteiger partial charge in [-0.1, -0.05) is 61.5 Å². The summed E-state index contributed by atoms with van der Waals surface area (Å²) in [6, 6.07) is 20.0. The van der Waals surface area contributed by atoms with E-state index in [9.17, 15) is 4.79 Å². The van der Waals surface area contributed by atoms with Crippen molar-refractivity contribution >= 4 is 34.4 Å². The van der Waals surface area contributed by atoms with E-state index in [2.05, 4.69) is 29.0 Å². The number of carbonyl (C=O) groups is 1. The Morgan fingerprint density at radius 3 is 2.50 bits per heavy atom. The number of carboxylic acids is 1. The highest BCUT2D eigenvalue weighted by molar-refractivity contribution is 5.98. The summed E-state index contributed by atoms with van der Waals surface area (Å²) in [5, 5.41) is 8.85. The second-order valence-corrected chi connectivity index (χ2v) is 6.83. The number of aromatic amines is 1. The molecule has 2 aromatic heterocycles. The number of aromatic nitrogens is 3. The van der Waals surface area contributed by atoms with Gasteiger partial charge in [-0.05, 0) is 40.8 Å². The summed E-state index contributed by atoms with van der Waals surface area (Å²) in [6.07, 6.45) is 7.18. The van der Waals surface area contributed by atoms with Crippen LogP contribution in [0, 0.1) is 0 Å². The van der Waals surface area contributed by atoms with Gasteiger partial charge >= 0.3 is 5.97 Å². The summed E-state index contributed by atoms with van der Waals surface area (Å²) >= 11 is 0. The Hall–Kier alpha value is -3.99. The Kier molecular flexibility index (Phi) is 5.52. The van der Waals surface area contributed by atoms with Crippen molar-refractivity contribution in [2.24, 2.45) is 0 Å². The number of hydrogen-bond acceptors (Lipinski definition) is 3. The van der Waals surface area contributed by atoms with Crippen LogP contribution in [0.3, 0.4) is 0 Å². The molecule has 0 spiro atoms. The third-order valence-corrected chi connectivity index (χ3v) is 4.91. The zero-order chi connectivity index (χ0) is 20.9. The lowest BCUT2D eigenvalue weighted by Gasteiger charge is -2.15. The molecule has 0 atom stereocenters. The highest BCUT2D eigenvalue weighted by Crippen LogP contribution is 2.34. The highest BCUT2D eigenvalue weighted by Gasteiger charge is 2.15. The number of hydrogen-bond donors (Lipinski definition) is 2. The zero-order valence-corrected chi connectivity index (χ0v) is 16.5. The Morgan fingerprint density at radius 2 is 1.80 bits per heavy atom. The molecule has 5 heteroatoms. The van der Waals surface area contributed by atoms with Crippen LogP contribution in [0.25, 0.3) is 28.4 Å². The van der Waals surface area contributed by atoms with Gasteiger partial charge in [-0.25, -0.2) is 14.8 Å². The Morgan fingerprint density at radius 1 is 1.03 bits per heavy atom. The standard InChI is InChI=1S/C25H21N3O2/c1-2-20(18-6-4-3-5-7-18)24(22-16-27-25-21(28-22)14-15-26-25)19-11-8-17(9-12-19)10-13-23(29)30/h3-16H,2H2,1H3,(H,26,27)(H,29,30). The van der Waals surface area contributed by atoms with Crippen LogP contribution in [-0.2, 0) is 4.79 Å². The van der Waals surface area contributed by atoms with E-state index in [1.54, 1.807) is 12.3 Å². The Labute approximate surface area is 174 Å². The molecule has 0 bridgehead atoms. The first-order valence-electron chi connectivity index (χ1n) is 9.76. The molecule has 0 saturated carbocycles. The van der Waals surface area contributed by atoms with Gasteiger partial charge in [0.1, 0.15) is 5.52 Å². The fourth-order valence-electron chi connectivity index (χ4n) is 3.52. The molecule has 2 N–H and O–H groups in total. The molecule has 30 heavy (non-hydrogen) atoms. The largest absolute Gasteiger partial charge is 0.478 e. The van der Waals surface area contributed by atoms with Crippen LogP contribution in [0.15, 0.2) is 79.1 Å². The minimum Gasteiger partial charge on any atom is -0.478 e. The number of rotatable bonds is 6. The number of fused-ring (bicyclic) bond motifs is 1. The lowest BCUT2D eigenvalue weighted by atomic mass is 9.90. The van der Waals surface area contributed by atoms with E-state index >= 15 is 0 Å². The molecule has 2 heterocycles. The molecular weight excluding hydrogens is 374 g/mol. The molecule has 0 aliphatic rings. The second-order valence-electron chi connectivity index (χ2n) is 6.83. The first-order valence-corrected chi connectivity index (χ1v) is 9.76. The molecule has 0 amide bonds. The normalized spacial score (nSPS) is 12.3. The number of nitrogens with zero attached hydrogens (tertiary/aromatic N) is 2. The number of H-pyrrole nitrogens is 1. The maximum atomic E-state index is 10.8. The van der Waals surface area contributed by atoms with Crippen LogP contribution in [0.5, 0.6) is 0 Å². The predicted molar refractivity (Wildman–Crippen MR) is 120 cm³/mol. The van der Waals surface area contributed by atoms with Crippen LogP contribution >= 0.6 is 0 Å². The average molecular weight is 395 g/mol. The molecule has 0 fully saturated rings. The van der Waals surface area contributed by atoms with Gasteiger partial charge in [-0.3, -0.25) is 0 Å². The van der Waals surface area contributed by atoms with Crippen molar-refractivity contribution < 1.29 is 9.90 Å². The maximum absolute atomic E-state index is 10.8. The van der Waals surface area contributed by atoms with Gasteiger partial charge in [0.2, 0.25) is 0 Å². The summed E-state index contributed by atoms with van der Waals surface area (Å²) in [5.41, 5.74) is 7.54. The molecule has 2 aromatic carbocycles. The SMILES string of the molecule is CCC(=C(c1ccc(C=CC(=O)O)cc1)c1cnc2[nH]ccc2n1)c1ccccc1. The molecule has 0 aliphatic heterocycles. The molecule has 0 radical (unpaired) electrons. The average Bonchev–Trinajstić information content (AvgIpc) is 3.25. The van der Waals surface area contributed by atoms with Crippen molar-refractivity contribution in [2.45, 2.75) is 13.3 Å². The number of benzene rings is 2.